The van der Waals surface area contributed by atoms with Crippen LogP contribution in [0.2, 0.25) is 0 Å². The summed E-state index contributed by atoms with van der Waals surface area (Å²) < 4.78 is 6.97. The highest BCUT2D eigenvalue weighted by Crippen LogP contribution is 2.24. The number of halogens is 1. The van der Waals surface area contributed by atoms with Crippen molar-refractivity contribution in [3.05, 3.63) is 58.3 Å². The number of rotatable bonds is 5. The zero-order valence-corrected chi connectivity index (χ0v) is 14.3. The Balaban J connectivity index is 2.07. The number of nitrogens with one attached hydrogen (secondary N) is 1. The van der Waals surface area contributed by atoms with Gasteiger partial charge in [0.15, 0.2) is 0 Å². The van der Waals surface area contributed by atoms with Crippen LogP contribution in [0.25, 0.3) is 0 Å². The summed E-state index contributed by atoms with van der Waals surface area (Å²) in [4.78, 5) is 4.28. The molecule has 0 bridgehead atoms. The fraction of sp³-hybridized carbons (Fsp3) is 0.353. The molecule has 2 rings (SSSR count). The van der Waals surface area contributed by atoms with Crippen LogP contribution in [0.3, 0.4) is 0 Å². The van der Waals surface area contributed by atoms with Crippen LogP contribution in [0.15, 0.2) is 47.1 Å². The maximum atomic E-state index is 5.92. The summed E-state index contributed by atoms with van der Waals surface area (Å²) in [5.74, 6) is 0.889. The van der Waals surface area contributed by atoms with Gasteiger partial charge in [0.05, 0.1) is 5.69 Å². The van der Waals surface area contributed by atoms with E-state index in [0.29, 0.717) is 6.61 Å². The fourth-order valence-electron chi connectivity index (χ4n) is 1.82. The van der Waals surface area contributed by atoms with E-state index >= 15 is 0 Å². The number of hydrogen-bond acceptors (Lipinski definition) is 3. The monoisotopic (exact) mass is 348 g/mol. The number of pyridine rings is 1. The maximum Gasteiger partial charge on any atom is 0.130 e. The number of benzene rings is 1. The quantitative estimate of drug-likeness (QED) is 0.873. The summed E-state index contributed by atoms with van der Waals surface area (Å²) in [5.41, 5.74) is 2.13. The Bertz CT molecular complexity index is 579. The highest BCUT2D eigenvalue weighted by Gasteiger charge is 2.11. The predicted molar refractivity (Wildman–Crippen MR) is 89.3 cm³/mol. The van der Waals surface area contributed by atoms with Gasteiger partial charge in [-0.25, -0.2) is 0 Å². The molecule has 0 saturated heterocycles. The Morgan fingerprint density at radius 1 is 1.19 bits per heavy atom. The predicted octanol–water partition coefficient (Wildman–Crippen LogP) is 4.31. The van der Waals surface area contributed by atoms with Crippen molar-refractivity contribution in [2.75, 3.05) is 0 Å². The Kier molecular flexibility index (Phi) is 5.37. The molecule has 1 heterocycles. The number of nitrogens with zero attached hydrogens (tertiary/aromatic N) is 1. The largest absolute Gasteiger partial charge is 0.487 e. The topological polar surface area (TPSA) is 34.1 Å². The standard InChI is InChI=1S/C17H21BrN2O/c1-17(2,3)20-11-13-10-14(18)7-8-16(13)21-12-15-6-4-5-9-19-15/h4-10,20H,11-12H2,1-3H3. The first-order valence-electron chi connectivity index (χ1n) is 7.00. The molecule has 0 aliphatic carbocycles. The molecule has 2 aromatic rings. The van der Waals surface area contributed by atoms with E-state index in [4.69, 9.17) is 4.74 Å². The molecule has 0 spiro atoms. The average molecular weight is 349 g/mol. The van der Waals surface area contributed by atoms with Crippen molar-refractivity contribution in [3.8, 4) is 5.75 Å². The van der Waals surface area contributed by atoms with Gasteiger partial charge in [0.2, 0.25) is 0 Å². The molecule has 0 aliphatic heterocycles. The van der Waals surface area contributed by atoms with E-state index in [0.717, 1.165) is 28.0 Å². The van der Waals surface area contributed by atoms with Gasteiger partial charge >= 0.3 is 0 Å². The second-order valence-corrected chi connectivity index (χ2v) is 6.88. The molecule has 0 amide bonds. The lowest BCUT2D eigenvalue weighted by molar-refractivity contribution is 0.295. The Labute approximate surface area is 134 Å². The molecule has 0 atom stereocenters. The third kappa shape index (κ3) is 5.48. The fourth-order valence-corrected chi connectivity index (χ4v) is 2.23. The molecule has 0 fully saturated rings. The van der Waals surface area contributed by atoms with Crippen LogP contribution in [0, 0.1) is 0 Å². The lowest BCUT2D eigenvalue weighted by atomic mass is 10.1. The van der Waals surface area contributed by atoms with Gasteiger partial charge in [0.25, 0.3) is 0 Å². The summed E-state index contributed by atoms with van der Waals surface area (Å²) in [6.07, 6.45) is 1.78. The van der Waals surface area contributed by atoms with Gasteiger partial charge in [0.1, 0.15) is 12.4 Å². The zero-order valence-electron chi connectivity index (χ0n) is 12.7. The van der Waals surface area contributed by atoms with Crippen molar-refractivity contribution in [1.82, 2.24) is 10.3 Å². The molecule has 1 aromatic heterocycles. The smallest absolute Gasteiger partial charge is 0.130 e. The molecular formula is C17H21BrN2O. The third-order valence-electron chi connectivity index (χ3n) is 2.93. The van der Waals surface area contributed by atoms with E-state index in [9.17, 15) is 0 Å². The number of ether oxygens (including phenoxy) is 1. The molecule has 112 valence electrons. The summed E-state index contributed by atoms with van der Waals surface area (Å²) in [6.45, 7) is 7.70. The van der Waals surface area contributed by atoms with Gasteiger partial charge in [-0.2, -0.15) is 0 Å². The molecule has 1 aromatic carbocycles. The van der Waals surface area contributed by atoms with E-state index in [2.05, 4.69) is 53.1 Å². The van der Waals surface area contributed by atoms with Gasteiger partial charge in [0, 0.05) is 28.3 Å². The van der Waals surface area contributed by atoms with Crippen LogP contribution in [0.1, 0.15) is 32.0 Å². The Morgan fingerprint density at radius 3 is 2.67 bits per heavy atom. The molecule has 1 N–H and O–H groups in total. The Morgan fingerprint density at radius 2 is 2.00 bits per heavy atom. The highest BCUT2D eigenvalue weighted by atomic mass is 79.9. The number of hydrogen-bond donors (Lipinski definition) is 1. The van der Waals surface area contributed by atoms with Gasteiger partial charge < -0.3 is 10.1 Å². The zero-order chi connectivity index (χ0) is 15.3. The van der Waals surface area contributed by atoms with Crippen LogP contribution in [0.4, 0.5) is 0 Å². The minimum Gasteiger partial charge on any atom is -0.487 e. The van der Waals surface area contributed by atoms with Crippen LogP contribution in [-0.2, 0) is 13.2 Å². The first-order chi connectivity index (χ1) is 9.94. The van der Waals surface area contributed by atoms with E-state index < -0.39 is 0 Å². The van der Waals surface area contributed by atoms with E-state index in [1.807, 2.05) is 30.3 Å². The van der Waals surface area contributed by atoms with Crippen molar-refractivity contribution in [3.63, 3.8) is 0 Å². The maximum absolute atomic E-state index is 5.92. The lowest BCUT2D eigenvalue weighted by Crippen LogP contribution is -2.35. The van der Waals surface area contributed by atoms with Crippen LogP contribution >= 0.6 is 15.9 Å². The van der Waals surface area contributed by atoms with Crippen molar-refractivity contribution >= 4 is 15.9 Å². The molecule has 21 heavy (non-hydrogen) atoms. The molecule has 0 radical (unpaired) electrons. The summed E-state index contributed by atoms with van der Waals surface area (Å²) in [5, 5.41) is 3.49. The SMILES string of the molecule is CC(C)(C)NCc1cc(Br)ccc1OCc1ccccn1. The van der Waals surface area contributed by atoms with E-state index in [1.165, 1.54) is 0 Å². The highest BCUT2D eigenvalue weighted by molar-refractivity contribution is 9.10. The second kappa shape index (κ2) is 7.05. The normalized spacial score (nSPS) is 11.4. The van der Waals surface area contributed by atoms with E-state index in [1.54, 1.807) is 6.20 Å². The molecule has 4 heteroatoms. The molecule has 0 saturated carbocycles. The minimum atomic E-state index is 0.0700. The molecule has 0 aliphatic rings. The second-order valence-electron chi connectivity index (χ2n) is 5.97. The van der Waals surface area contributed by atoms with Crippen LogP contribution < -0.4 is 10.1 Å². The minimum absolute atomic E-state index is 0.0700. The summed E-state index contributed by atoms with van der Waals surface area (Å²) in [7, 11) is 0. The van der Waals surface area contributed by atoms with Crippen LogP contribution in [0.5, 0.6) is 5.75 Å². The summed E-state index contributed by atoms with van der Waals surface area (Å²) >= 11 is 3.52. The van der Waals surface area contributed by atoms with Gasteiger partial charge in [-0.15, -0.1) is 0 Å². The van der Waals surface area contributed by atoms with Crippen LogP contribution in [-0.4, -0.2) is 10.5 Å². The molecule has 3 nitrogen and oxygen atoms in total. The van der Waals surface area contributed by atoms with Gasteiger partial charge in [-0.1, -0.05) is 22.0 Å². The molecular weight excluding hydrogens is 328 g/mol. The van der Waals surface area contributed by atoms with Crippen molar-refractivity contribution in [2.24, 2.45) is 0 Å². The molecule has 0 unspecified atom stereocenters. The first kappa shape index (κ1) is 16.0. The van der Waals surface area contributed by atoms with Gasteiger partial charge in [-0.05, 0) is 51.1 Å². The first-order valence-corrected chi connectivity index (χ1v) is 7.79. The lowest BCUT2D eigenvalue weighted by Gasteiger charge is -2.22. The third-order valence-corrected chi connectivity index (χ3v) is 3.43. The van der Waals surface area contributed by atoms with E-state index in [-0.39, 0.29) is 5.54 Å². The van der Waals surface area contributed by atoms with Crippen molar-refractivity contribution in [1.29, 1.82) is 0 Å². The van der Waals surface area contributed by atoms with Crippen molar-refractivity contribution in [2.45, 2.75) is 39.5 Å². The van der Waals surface area contributed by atoms with Gasteiger partial charge in [-0.3, -0.25) is 4.98 Å². The van der Waals surface area contributed by atoms with Crippen molar-refractivity contribution < 1.29 is 4.74 Å². The number of aromatic nitrogens is 1. The summed E-state index contributed by atoms with van der Waals surface area (Å²) in [6, 6.07) is 11.9. The average Bonchev–Trinajstić information content (AvgIpc) is 2.44. The Hall–Kier alpha value is -1.39.